The van der Waals surface area contributed by atoms with E-state index in [0.29, 0.717) is 71.5 Å². The number of hydrogen-bond acceptors (Lipinski definition) is 14. The number of fused-ring (bicyclic) bond motifs is 4. The van der Waals surface area contributed by atoms with Gasteiger partial charge in [0.05, 0.1) is 66.3 Å². The summed E-state index contributed by atoms with van der Waals surface area (Å²) in [6.45, 7) is 33.6. The molecule has 0 spiro atoms. The van der Waals surface area contributed by atoms with Gasteiger partial charge in [0.15, 0.2) is 6.07 Å². The van der Waals surface area contributed by atoms with Gasteiger partial charge in [-0.2, -0.15) is 0 Å². The normalized spacial score (nSPS) is 31.2. The fraction of sp³-hybridized carbons (Fsp3) is 0.698. The molecule has 638 valence electrons. The first-order valence-corrected chi connectivity index (χ1v) is 44.0. The molecule has 0 radical (unpaired) electrons. The van der Waals surface area contributed by atoms with Crippen molar-refractivity contribution in [3.05, 3.63) is 117 Å². The van der Waals surface area contributed by atoms with Crippen LogP contribution in [-0.2, 0) is 85.5 Å². The Hall–Kier alpha value is -5.46. The maximum Gasteiger partial charge on any atom is 0.316 e. The minimum absolute atomic E-state index is 0. The van der Waals surface area contributed by atoms with Gasteiger partial charge in [0.25, 0.3) is 0 Å². The second kappa shape index (κ2) is 34.9. The Morgan fingerprint density at radius 2 is 0.696 bits per heavy atom. The number of esters is 5. The van der Waals surface area contributed by atoms with E-state index in [2.05, 4.69) is 85.2 Å². The van der Waals surface area contributed by atoms with Crippen LogP contribution in [0.4, 0.5) is 0 Å². The first kappa shape index (κ1) is 91.8. The fourth-order valence-electron chi connectivity index (χ4n) is 23.3. The minimum atomic E-state index is -0.527. The number of ether oxygens (including phenoxy) is 5. The Balaban J connectivity index is 0.000000157. The molecule has 0 aromatic heterocycles. The standard InChI is InChI=1S/C28H42NO4.C23H33NO3.C22H31NO2.C17H23NO.C6H11ClO2.2ClH/c1-26(2,3)24(30)32-18-29(7)15-14-28-13-9-8-10-21(28)23(29)16-19-11-12-20(17-22(19)28)33-25(31)27(4,5)6;1-22(2,3)21(26)27-15-24(4)12-11-23-10-6-5-7-18(23)20(24)13-16-8-9-17(25)14-19(16)23;1-21(2,3)20(24)25-16-9-8-15-13-19-17-7-5-6-10-22(17,18(15)14-16)11-12-23(19)4;1-18-9-8-17-7-3-2-4-14(17)16(18)10-12-5-6-13(19)11-15(12)17;1-6(2,3)5(8)9-4-7;;/h11-12,17,21,23H,8-10,13-16,18H2,1-7H3;8-9,14,18,20H,5-7,10-13,15H2,1-4H3;8-9,14,17,19H,5-7,10-13H2,1-4H3;5-6,11,14,16,19H,2-4,7-10H2,1H3;4H2,1-3H3;2*1H/q+1;;;;;;/p-1/t21-,23+,28+,29?;18-,20+,23+,24?;17-,19+,22+;14-,16+,17+;;;/m1111.../s1. The van der Waals surface area contributed by atoms with Gasteiger partial charge in [0.1, 0.15) is 23.0 Å². The summed E-state index contributed by atoms with van der Waals surface area (Å²) in [5.41, 5.74) is 10.2. The summed E-state index contributed by atoms with van der Waals surface area (Å²) < 4.78 is 29.4. The SMILES string of the molecule is CC(C)(C)C(=O)OCCl.CC(C)(C)C(=O)OC[N+]1(C)CC[C@@]23CCCC[C@@H]2[C@@H]1Cc1ccc(O)cc13.CC(C)(C)C(=O)OC[N+]1(C)CC[C@@]23CCCC[C@@H]2[C@@H]1Cc1ccc(OC(=O)C(C)(C)C)cc13.CN1CC[C@@]23CCCC[C@@H]2[C@@H]1Cc1ccc(O)cc13.CN1CC[C@@]23CCCC[C@@H]2[C@@H]1Cc1ccc(OC(=O)C(C)(C)C)cc13.[Cl-].[Cl-]. The van der Waals surface area contributed by atoms with Crippen LogP contribution in [0.2, 0.25) is 0 Å². The average molecular weight is 1650 g/mol. The molecule has 0 amide bonds. The fourth-order valence-corrected chi connectivity index (χ4v) is 23.4. The van der Waals surface area contributed by atoms with Crippen molar-refractivity contribution >= 4 is 41.4 Å². The molecule has 115 heavy (non-hydrogen) atoms. The molecule has 4 aromatic rings. The van der Waals surface area contributed by atoms with E-state index in [1.165, 1.54) is 180 Å². The summed E-state index contributed by atoms with van der Waals surface area (Å²) in [5.74, 6) is 4.18. The van der Waals surface area contributed by atoms with Crippen molar-refractivity contribution in [3.8, 4) is 23.0 Å². The topological polar surface area (TPSA) is 178 Å². The molecule has 19 heteroatoms. The lowest BCUT2D eigenvalue weighted by molar-refractivity contribution is -0.959. The zero-order valence-corrected chi connectivity index (χ0v) is 75.6. The maximum atomic E-state index is 12.5. The molecule has 2 unspecified atom stereocenters. The number of likely N-dealkylation sites (N-methyl/N-ethyl adjacent to an activating group) is 4. The number of hydrogen-bond donors (Lipinski definition) is 2. The van der Waals surface area contributed by atoms with E-state index in [9.17, 15) is 34.2 Å². The van der Waals surface area contributed by atoms with Crippen LogP contribution >= 0.6 is 11.6 Å². The number of alkyl halides is 1. The number of halogens is 3. The molecule has 4 aliphatic heterocycles. The van der Waals surface area contributed by atoms with Crippen LogP contribution in [0.1, 0.15) is 277 Å². The van der Waals surface area contributed by atoms with Gasteiger partial charge in [-0.05, 0) is 313 Å². The molecule has 4 heterocycles. The van der Waals surface area contributed by atoms with E-state index in [4.69, 9.17) is 30.5 Å². The molecule has 8 fully saturated rings. The van der Waals surface area contributed by atoms with Gasteiger partial charge >= 0.3 is 29.8 Å². The summed E-state index contributed by atoms with van der Waals surface area (Å²) in [6, 6.07) is 27.1. The molecule has 12 aliphatic rings. The lowest BCUT2D eigenvalue weighted by atomic mass is 9.52. The molecular formula is C96H141Cl3N4O12. The van der Waals surface area contributed by atoms with Gasteiger partial charge in [-0.15, -0.1) is 0 Å². The first-order valence-electron chi connectivity index (χ1n) is 43.4. The van der Waals surface area contributed by atoms with Crippen molar-refractivity contribution in [3.63, 3.8) is 0 Å². The smallest absolute Gasteiger partial charge is 0.316 e. The predicted molar refractivity (Wildman–Crippen MR) is 447 cm³/mol. The van der Waals surface area contributed by atoms with Crippen LogP contribution in [0.25, 0.3) is 0 Å². The van der Waals surface area contributed by atoms with Crippen LogP contribution in [0.5, 0.6) is 23.0 Å². The number of benzene rings is 4. The van der Waals surface area contributed by atoms with E-state index in [0.717, 1.165) is 77.8 Å². The summed E-state index contributed by atoms with van der Waals surface area (Å²) in [5, 5.41) is 20.0. The van der Waals surface area contributed by atoms with Gasteiger partial charge in [0.2, 0.25) is 13.5 Å². The van der Waals surface area contributed by atoms with Crippen molar-refractivity contribution in [1.82, 2.24) is 9.80 Å². The molecular weight excluding hydrogens is 1510 g/mol. The monoisotopic (exact) mass is 1650 g/mol. The Morgan fingerprint density at radius 3 is 1.02 bits per heavy atom. The highest BCUT2D eigenvalue weighted by molar-refractivity contribution is 6.17. The Labute approximate surface area is 707 Å². The molecule has 2 N–H and O–H groups in total. The second-order valence-corrected chi connectivity index (χ2v) is 42.7. The Bertz CT molecular complexity index is 4150. The summed E-state index contributed by atoms with van der Waals surface area (Å²) >= 11 is 5.16. The largest absolute Gasteiger partial charge is 1.00 e. The van der Waals surface area contributed by atoms with Crippen LogP contribution in [-0.4, -0.2) is 157 Å². The van der Waals surface area contributed by atoms with Gasteiger partial charge in [-0.3, -0.25) is 32.9 Å². The third-order valence-electron chi connectivity index (χ3n) is 29.8. The number of phenolic OH excluding ortho intramolecular Hbond substituents is 2. The van der Waals surface area contributed by atoms with Crippen molar-refractivity contribution < 1.29 is 91.7 Å². The summed E-state index contributed by atoms with van der Waals surface area (Å²) in [7, 11) is 9.16. The summed E-state index contributed by atoms with van der Waals surface area (Å²) in [6.07, 6.45) is 29.8. The van der Waals surface area contributed by atoms with Gasteiger partial charge in [-0.1, -0.05) is 87.2 Å². The third-order valence-corrected chi connectivity index (χ3v) is 29.9. The molecule has 14 atom stereocenters. The minimum Gasteiger partial charge on any atom is -1.00 e. The van der Waals surface area contributed by atoms with E-state index >= 15 is 0 Å². The van der Waals surface area contributed by atoms with Crippen LogP contribution in [0, 0.1) is 50.7 Å². The van der Waals surface area contributed by atoms with E-state index in [1.807, 2.05) is 113 Å². The molecule has 4 saturated carbocycles. The molecule has 4 saturated heterocycles. The molecule has 16 rings (SSSR count). The van der Waals surface area contributed by atoms with Crippen molar-refractivity contribution in [2.45, 2.75) is 304 Å². The number of quaternary nitrogens is 2. The number of phenols is 2. The summed E-state index contributed by atoms with van der Waals surface area (Å²) in [4.78, 5) is 65.7. The second-order valence-electron chi connectivity index (χ2n) is 42.5. The Morgan fingerprint density at radius 1 is 0.400 bits per heavy atom. The predicted octanol–water partition coefficient (Wildman–Crippen LogP) is 12.7. The number of carbonyl (C=O) groups is 5. The highest BCUT2D eigenvalue weighted by Crippen LogP contribution is 2.62. The van der Waals surface area contributed by atoms with Crippen LogP contribution in [0.15, 0.2) is 72.8 Å². The third kappa shape index (κ3) is 18.6. The number of carbonyl (C=O) groups excluding carboxylic acids is 5. The zero-order valence-electron chi connectivity index (χ0n) is 73.4. The quantitative estimate of drug-likeness (QED) is 0.0587. The van der Waals surface area contributed by atoms with Crippen molar-refractivity contribution in [2.24, 2.45) is 50.7 Å². The number of piperidine rings is 4. The van der Waals surface area contributed by atoms with Crippen molar-refractivity contribution in [2.75, 3.05) is 73.9 Å². The maximum absolute atomic E-state index is 12.5. The van der Waals surface area contributed by atoms with E-state index in [-0.39, 0.29) is 71.6 Å². The van der Waals surface area contributed by atoms with Gasteiger partial charge in [0, 0.05) is 71.3 Å². The lowest BCUT2D eigenvalue weighted by Crippen LogP contribution is -3.00. The molecule has 16 nitrogen and oxygen atoms in total. The number of nitrogens with zero attached hydrogens (tertiary/aromatic N) is 4. The number of likely N-dealkylation sites (tertiary alicyclic amines) is 4. The van der Waals surface area contributed by atoms with Crippen LogP contribution in [0.3, 0.4) is 0 Å². The molecule has 4 aromatic carbocycles. The number of aromatic hydroxyl groups is 2. The lowest BCUT2D eigenvalue weighted by Gasteiger charge is -2.61. The number of rotatable bonds is 7. The Kier molecular flexibility index (Phi) is 27.9. The van der Waals surface area contributed by atoms with Crippen molar-refractivity contribution in [1.29, 1.82) is 0 Å². The van der Waals surface area contributed by atoms with Gasteiger partial charge in [-0.25, -0.2) is 0 Å². The van der Waals surface area contributed by atoms with E-state index in [1.54, 1.807) is 20.8 Å². The van der Waals surface area contributed by atoms with Gasteiger partial charge < -0.3 is 68.5 Å². The molecule has 8 bridgehead atoms. The van der Waals surface area contributed by atoms with Crippen LogP contribution < -0.4 is 34.3 Å². The zero-order chi connectivity index (χ0) is 82.0. The van der Waals surface area contributed by atoms with E-state index < -0.39 is 27.1 Å². The highest BCUT2D eigenvalue weighted by atomic mass is 35.5. The molecule has 8 aliphatic carbocycles. The highest BCUT2D eigenvalue weighted by Gasteiger charge is 2.62. The first-order chi connectivity index (χ1) is 52.9. The average Bonchev–Trinajstić information content (AvgIpc) is 0.710.